The molecule has 4 nitrogen and oxygen atoms in total. The van der Waals surface area contributed by atoms with Crippen molar-refractivity contribution in [3.05, 3.63) is 0 Å². The van der Waals surface area contributed by atoms with Gasteiger partial charge in [-0.3, -0.25) is 4.99 Å². The van der Waals surface area contributed by atoms with E-state index in [1.165, 1.54) is 32.4 Å². The van der Waals surface area contributed by atoms with Crippen LogP contribution in [0.3, 0.4) is 0 Å². The Labute approximate surface area is 111 Å². The van der Waals surface area contributed by atoms with Crippen LogP contribution in [-0.4, -0.2) is 54.0 Å². The van der Waals surface area contributed by atoms with E-state index in [0.717, 1.165) is 25.6 Å². The number of guanidine groups is 1. The average molecular weight is 252 g/mol. The molecular formula is C14H28N4. The van der Waals surface area contributed by atoms with Crippen molar-refractivity contribution in [3.63, 3.8) is 0 Å². The number of rotatable bonds is 3. The Hall–Kier alpha value is -0.770. The van der Waals surface area contributed by atoms with Gasteiger partial charge in [0, 0.05) is 13.1 Å². The standard InChI is InChI=1S/C14H28N4/c1-4-17-8-5-6-14(7-9-17)11-16-13(15)18(14)10-12(2)3/h12H,4-11H2,1-3H3,(H2,15,16). The highest BCUT2D eigenvalue weighted by molar-refractivity contribution is 5.81. The molecule has 0 bridgehead atoms. The van der Waals surface area contributed by atoms with Crippen LogP contribution in [0, 0.1) is 5.92 Å². The summed E-state index contributed by atoms with van der Waals surface area (Å²) in [6.45, 7) is 12.3. The molecule has 0 amide bonds. The van der Waals surface area contributed by atoms with Gasteiger partial charge in [-0.05, 0) is 38.3 Å². The normalized spacial score (nSPS) is 30.0. The highest BCUT2D eigenvalue weighted by Gasteiger charge is 2.42. The van der Waals surface area contributed by atoms with Gasteiger partial charge in [0.05, 0.1) is 12.1 Å². The summed E-state index contributed by atoms with van der Waals surface area (Å²) >= 11 is 0. The summed E-state index contributed by atoms with van der Waals surface area (Å²) in [5.74, 6) is 1.41. The van der Waals surface area contributed by atoms with Gasteiger partial charge in [0.15, 0.2) is 5.96 Å². The molecule has 104 valence electrons. The van der Waals surface area contributed by atoms with E-state index in [9.17, 15) is 0 Å². The summed E-state index contributed by atoms with van der Waals surface area (Å²) in [7, 11) is 0. The second-order valence-corrected chi connectivity index (χ2v) is 6.19. The van der Waals surface area contributed by atoms with Crippen molar-refractivity contribution in [1.29, 1.82) is 0 Å². The van der Waals surface area contributed by atoms with E-state index in [2.05, 4.69) is 35.6 Å². The SMILES string of the molecule is CCN1CCCC2(CC1)CN=C(N)N2CC(C)C. The molecule has 0 aromatic heterocycles. The third kappa shape index (κ3) is 2.63. The Morgan fingerprint density at radius 3 is 2.78 bits per heavy atom. The minimum atomic E-state index is 0.221. The van der Waals surface area contributed by atoms with Crippen molar-refractivity contribution < 1.29 is 0 Å². The van der Waals surface area contributed by atoms with Crippen molar-refractivity contribution in [3.8, 4) is 0 Å². The van der Waals surface area contributed by atoms with Crippen LogP contribution in [0.15, 0.2) is 4.99 Å². The Balaban J connectivity index is 2.09. The van der Waals surface area contributed by atoms with Crippen LogP contribution in [-0.2, 0) is 0 Å². The molecule has 2 rings (SSSR count). The number of hydrogen-bond donors (Lipinski definition) is 1. The third-order valence-electron chi connectivity index (χ3n) is 4.39. The van der Waals surface area contributed by atoms with Crippen molar-refractivity contribution in [1.82, 2.24) is 9.80 Å². The third-order valence-corrected chi connectivity index (χ3v) is 4.39. The van der Waals surface area contributed by atoms with Crippen LogP contribution in [0.2, 0.25) is 0 Å². The summed E-state index contributed by atoms with van der Waals surface area (Å²) in [5, 5.41) is 0. The van der Waals surface area contributed by atoms with Gasteiger partial charge < -0.3 is 15.5 Å². The fourth-order valence-electron chi connectivity index (χ4n) is 3.27. The zero-order valence-electron chi connectivity index (χ0n) is 12.2. The highest BCUT2D eigenvalue weighted by Crippen LogP contribution is 2.33. The van der Waals surface area contributed by atoms with E-state index in [0.29, 0.717) is 5.92 Å². The topological polar surface area (TPSA) is 44.9 Å². The number of likely N-dealkylation sites (tertiary alicyclic amines) is 1. The molecule has 1 unspecified atom stereocenters. The van der Waals surface area contributed by atoms with E-state index >= 15 is 0 Å². The molecule has 2 N–H and O–H groups in total. The quantitative estimate of drug-likeness (QED) is 0.828. The summed E-state index contributed by atoms with van der Waals surface area (Å²) in [6, 6.07) is 0. The molecule has 0 aliphatic carbocycles. The molecule has 1 spiro atoms. The first-order valence-electron chi connectivity index (χ1n) is 7.37. The maximum Gasteiger partial charge on any atom is 0.191 e. The number of hydrogen-bond acceptors (Lipinski definition) is 4. The zero-order valence-corrected chi connectivity index (χ0v) is 12.2. The Morgan fingerprint density at radius 2 is 2.11 bits per heavy atom. The zero-order chi connectivity index (χ0) is 13.2. The minimum absolute atomic E-state index is 0.221. The largest absolute Gasteiger partial charge is 0.370 e. The van der Waals surface area contributed by atoms with Gasteiger partial charge in [-0.15, -0.1) is 0 Å². The number of nitrogens with zero attached hydrogens (tertiary/aromatic N) is 3. The van der Waals surface area contributed by atoms with Gasteiger partial charge in [0.1, 0.15) is 0 Å². The van der Waals surface area contributed by atoms with Crippen LogP contribution in [0.1, 0.15) is 40.0 Å². The van der Waals surface area contributed by atoms with Crippen molar-refractivity contribution in [2.24, 2.45) is 16.6 Å². The van der Waals surface area contributed by atoms with Gasteiger partial charge in [-0.1, -0.05) is 20.8 Å². The van der Waals surface area contributed by atoms with Crippen LogP contribution in [0.25, 0.3) is 0 Å². The molecule has 0 radical (unpaired) electrons. The van der Waals surface area contributed by atoms with Crippen molar-refractivity contribution >= 4 is 5.96 Å². The summed E-state index contributed by atoms with van der Waals surface area (Å²) in [5.41, 5.74) is 6.33. The van der Waals surface area contributed by atoms with Crippen LogP contribution < -0.4 is 5.73 Å². The molecule has 0 aromatic rings. The first kappa shape index (κ1) is 13.7. The Bertz CT molecular complexity index is 313. The number of aliphatic imine (C=N–C) groups is 1. The second-order valence-electron chi connectivity index (χ2n) is 6.19. The first-order chi connectivity index (χ1) is 8.57. The van der Waals surface area contributed by atoms with E-state index in [1.807, 2.05) is 0 Å². The summed E-state index contributed by atoms with van der Waals surface area (Å²) in [6.07, 6.45) is 3.71. The van der Waals surface area contributed by atoms with Gasteiger partial charge in [0.2, 0.25) is 0 Å². The molecule has 1 fully saturated rings. The smallest absolute Gasteiger partial charge is 0.191 e. The predicted octanol–water partition coefficient (Wildman–Crippen LogP) is 1.52. The number of nitrogens with two attached hydrogens (primary N) is 1. The van der Waals surface area contributed by atoms with E-state index in [4.69, 9.17) is 5.73 Å². The molecule has 0 saturated carbocycles. The van der Waals surface area contributed by atoms with E-state index in [-0.39, 0.29) is 5.54 Å². The predicted molar refractivity (Wildman–Crippen MR) is 76.7 cm³/mol. The lowest BCUT2D eigenvalue weighted by Gasteiger charge is -2.40. The van der Waals surface area contributed by atoms with Gasteiger partial charge in [-0.2, -0.15) is 0 Å². The van der Waals surface area contributed by atoms with Gasteiger partial charge >= 0.3 is 0 Å². The van der Waals surface area contributed by atoms with Crippen LogP contribution >= 0.6 is 0 Å². The summed E-state index contributed by atoms with van der Waals surface area (Å²) in [4.78, 5) is 9.49. The second kappa shape index (κ2) is 5.47. The maximum atomic E-state index is 6.11. The lowest BCUT2D eigenvalue weighted by molar-refractivity contribution is 0.158. The van der Waals surface area contributed by atoms with Crippen LogP contribution in [0.5, 0.6) is 0 Å². The van der Waals surface area contributed by atoms with Gasteiger partial charge in [-0.25, -0.2) is 0 Å². The molecule has 2 aliphatic rings. The molecule has 1 atom stereocenters. The van der Waals surface area contributed by atoms with Crippen molar-refractivity contribution in [2.75, 3.05) is 32.7 Å². The average Bonchev–Trinajstić information content (AvgIpc) is 2.54. The molecule has 4 heteroatoms. The van der Waals surface area contributed by atoms with Gasteiger partial charge in [0.25, 0.3) is 0 Å². The lowest BCUT2D eigenvalue weighted by Crippen LogP contribution is -2.53. The molecule has 2 heterocycles. The molecule has 1 saturated heterocycles. The van der Waals surface area contributed by atoms with E-state index < -0.39 is 0 Å². The van der Waals surface area contributed by atoms with Crippen molar-refractivity contribution in [2.45, 2.75) is 45.6 Å². The fourth-order valence-corrected chi connectivity index (χ4v) is 3.27. The molecular weight excluding hydrogens is 224 g/mol. The Morgan fingerprint density at radius 1 is 1.33 bits per heavy atom. The van der Waals surface area contributed by atoms with Crippen LogP contribution in [0.4, 0.5) is 0 Å². The first-order valence-corrected chi connectivity index (χ1v) is 7.37. The monoisotopic (exact) mass is 252 g/mol. The summed E-state index contributed by atoms with van der Waals surface area (Å²) < 4.78 is 0. The Kier molecular flexibility index (Phi) is 4.15. The van der Waals surface area contributed by atoms with E-state index in [1.54, 1.807) is 0 Å². The molecule has 0 aromatic carbocycles. The highest BCUT2D eigenvalue weighted by atomic mass is 15.4. The fraction of sp³-hybridized carbons (Fsp3) is 0.929. The lowest BCUT2D eigenvalue weighted by atomic mass is 9.89. The maximum absolute atomic E-state index is 6.11. The molecule has 18 heavy (non-hydrogen) atoms. The minimum Gasteiger partial charge on any atom is -0.370 e. The molecule has 2 aliphatic heterocycles.